The molecule has 0 spiro atoms. The van der Waals surface area contributed by atoms with Crippen molar-refractivity contribution in [1.29, 1.82) is 5.26 Å². The molecule has 0 aromatic heterocycles. The van der Waals surface area contributed by atoms with Crippen LogP contribution in [0.2, 0.25) is 0 Å². The first-order valence-corrected chi connectivity index (χ1v) is 10.1. The highest BCUT2D eigenvalue weighted by Gasteiger charge is 2.34. The lowest BCUT2D eigenvalue weighted by Gasteiger charge is -2.38. The summed E-state index contributed by atoms with van der Waals surface area (Å²) in [6, 6.07) is 6.91. The van der Waals surface area contributed by atoms with Crippen molar-refractivity contribution < 1.29 is 14.3 Å². The second-order valence-electron chi connectivity index (χ2n) is 8.24. The van der Waals surface area contributed by atoms with Crippen LogP contribution in [0.15, 0.2) is 30.9 Å². The molecular formula is C23H28FNO2. The van der Waals surface area contributed by atoms with E-state index in [-0.39, 0.29) is 11.5 Å². The Labute approximate surface area is 160 Å². The molecular weight excluding hydrogens is 341 g/mol. The first-order valence-electron chi connectivity index (χ1n) is 10.1. The SMILES string of the molecule is C=CC(C(=O)O)C1CCC(C2CCC(c3ccc(C#N)c(F)c3)CC2)CC1. The molecule has 0 bridgehead atoms. The number of nitriles is 1. The normalized spacial score (nSPS) is 29.5. The lowest BCUT2D eigenvalue weighted by molar-refractivity contribution is -0.142. The van der Waals surface area contributed by atoms with Crippen LogP contribution < -0.4 is 0 Å². The zero-order valence-electron chi connectivity index (χ0n) is 15.7. The van der Waals surface area contributed by atoms with E-state index in [1.807, 2.05) is 12.1 Å². The number of aliphatic carboxylic acids is 1. The van der Waals surface area contributed by atoms with Gasteiger partial charge in [-0.15, -0.1) is 6.58 Å². The highest BCUT2D eigenvalue weighted by atomic mass is 19.1. The molecule has 1 N–H and O–H groups in total. The van der Waals surface area contributed by atoms with Gasteiger partial charge in [0, 0.05) is 0 Å². The maximum atomic E-state index is 13.9. The summed E-state index contributed by atoms with van der Waals surface area (Å²) in [4.78, 5) is 11.3. The maximum Gasteiger partial charge on any atom is 0.310 e. The molecule has 27 heavy (non-hydrogen) atoms. The van der Waals surface area contributed by atoms with Crippen LogP contribution in [0.5, 0.6) is 0 Å². The van der Waals surface area contributed by atoms with Crippen LogP contribution in [0, 0.1) is 40.8 Å². The van der Waals surface area contributed by atoms with Crippen molar-refractivity contribution in [1.82, 2.24) is 0 Å². The Morgan fingerprint density at radius 1 is 1.15 bits per heavy atom. The lowest BCUT2D eigenvalue weighted by Crippen LogP contribution is -2.30. The zero-order valence-corrected chi connectivity index (χ0v) is 15.7. The van der Waals surface area contributed by atoms with E-state index in [4.69, 9.17) is 5.26 Å². The Kier molecular flexibility index (Phi) is 6.31. The van der Waals surface area contributed by atoms with Crippen molar-refractivity contribution in [3.05, 3.63) is 47.8 Å². The molecule has 1 atom stereocenters. The van der Waals surface area contributed by atoms with E-state index in [9.17, 15) is 14.3 Å². The van der Waals surface area contributed by atoms with E-state index < -0.39 is 17.7 Å². The first kappa shape index (κ1) is 19.6. The van der Waals surface area contributed by atoms with E-state index >= 15 is 0 Å². The quantitative estimate of drug-likeness (QED) is 0.681. The van der Waals surface area contributed by atoms with Gasteiger partial charge in [0.15, 0.2) is 0 Å². The van der Waals surface area contributed by atoms with Gasteiger partial charge in [-0.25, -0.2) is 4.39 Å². The van der Waals surface area contributed by atoms with Crippen molar-refractivity contribution in [2.24, 2.45) is 23.7 Å². The Bertz CT molecular complexity index is 722. The average molecular weight is 369 g/mol. The Hall–Kier alpha value is -2.15. The van der Waals surface area contributed by atoms with Crippen LogP contribution in [0.1, 0.15) is 68.4 Å². The van der Waals surface area contributed by atoms with E-state index in [1.54, 1.807) is 12.1 Å². The smallest absolute Gasteiger partial charge is 0.310 e. The summed E-state index contributed by atoms with van der Waals surface area (Å²) < 4.78 is 13.9. The molecule has 2 fully saturated rings. The molecule has 0 aliphatic heterocycles. The first-order chi connectivity index (χ1) is 13.0. The fourth-order valence-corrected chi connectivity index (χ4v) is 5.27. The van der Waals surface area contributed by atoms with Crippen molar-refractivity contribution in [2.75, 3.05) is 0 Å². The largest absolute Gasteiger partial charge is 0.481 e. The third-order valence-electron chi connectivity index (χ3n) is 6.89. The molecule has 0 saturated heterocycles. The van der Waals surface area contributed by atoms with Gasteiger partial charge in [0.2, 0.25) is 0 Å². The van der Waals surface area contributed by atoms with Crippen LogP contribution in [-0.4, -0.2) is 11.1 Å². The standard InChI is InChI=1S/C23H28FNO2/c1-2-21(23(26)27)18-9-7-16(8-10-18)15-3-5-17(6-4-15)19-11-12-20(14-25)22(24)13-19/h2,11-13,15-18,21H,1,3-10H2,(H,26,27). The summed E-state index contributed by atoms with van der Waals surface area (Å²) in [6.07, 6.45) is 10.2. The Balaban J connectivity index is 1.52. The molecule has 1 aromatic rings. The third-order valence-corrected chi connectivity index (χ3v) is 6.89. The van der Waals surface area contributed by atoms with Gasteiger partial charge in [0.05, 0.1) is 11.5 Å². The number of carboxylic acids is 1. The number of benzene rings is 1. The average Bonchev–Trinajstić information content (AvgIpc) is 2.69. The lowest BCUT2D eigenvalue weighted by atomic mass is 9.67. The predicted octanol–water partition coefficient (Wildman–Crippen LogP) is 5.66. The van der Waals surface area contributed by atoms with E-state index in [1.165, 1.54) is 6.07 Å². The molecule has 2 aliphatic rings. The fourth-order valence-electron chi connectivity index (χ4n) is 5.27. The number of rotatable bonds is 5. The van der Waals surface area contributed by atoms with Crippen LogP contribution >= 0.6 is 0 Å². The zero-order chi connectivity index (χ0) is 19.4. The van der Waals surface area contributed by atoms with Gasteiger partial charge in [-0.3, -0.25) is 4.79 Å². The van der Waals surface area contributed by atoms with Gasteiger partial charge in [-0.05, 0) is 92.7 Å². The molecule has 3 rings (SSSR count). The summed E-state index contributed by atoms with van der Waals surface area (Å²) in [5.41, 5.74) is 1.13. The predicted molar refractivity (Wildman–Crippen MR) is 103 cm³/mol. The molecule has 2 aliphatic carbocycles. The molecule has 3 nitrogen and oxygen atoms in total. The monoisotopic (exact) mass is 369 g/mol. The van der Waals surface area contributed by atoms with Gasteiger partial charge in [-0.2, -0.15) is 5.26 Å². The Morgan fingerprint density at radius 2 is 1.74 bits per heavy atom. The molecule has 1 unspecified atom stereocenters. The summed E-state index contributed by atoms with van der Waals surface area (Å²) >= 11 is 0. The Morgan fingerprint density at radius 3 is 2.22 bits per heavy atom. The maximum absolute atomic E-state index is 13.9. The van der Waals surface area contributed by atoms with Gasteiger partial charge >= 0.3 is 5.97 Å². The molecule has 0 heterocycles. The highest BCUT2D eigenvalue weighted by Crippen LogP contribution is 2.45. The minimum Gasteiger partial charge on any atom is -0.481 e. The van der Waals surface area contributed by atoms with Crippen LogP contribution in [0.3, 0.4) is 0 Å². The topological polar surface area (TPSA) is 61.1 Å². The van der Waals surface area contributed by atoms with Crippen molar-refractivity contribution in [3.8, 4) is 6.07 Å². The molecule has 1 aromatic carbocycles. The summed E-state index contributed by atoms with van der Waals surface area (Å²) in [7, 11) is 0. The second-order valence-corrected chi connectivity index (χ2v) is 8.24. The molecule has 4 heteroatoms. The highest BCUT2D eigenvalue weighted by molar-refractivity contribution is 5.72. The van der Waals surface area contributed by atoms with E-state index in [0.717, 1.165) is 56.9 Å². The molecule has 0 radical (unpaired) electrons. The number of hydrogen-bond donors (Lipinski definition) is 1. The van der Waals surface area contributed by atoms with Gasteiger partial charge in [0.1, 0.15) is 11.9 Å². The van der Waals surface area contributed by atoms with Gasteiger partial charge in [-0.1, -0.05) is 12.1 Å². The molecule has 0 amide bonds. The van der Waals surface area contributed by atoms with Gasteiger partial charge < -0.3 is 5.11 Å². The summed E-state index contributed by atoms with van der Waals surface area (Å²) in [5.74, 6) is 0.449. The van der Waals surface area contributed by atoms with Gasteiger partial charge in [0.25, 0.3) is 0 Å². The van der Waals surface area contributed by atoms with Crippen LogP contribution in [0.4, 0.5) is 4.39 Å². The number of carboxylic acid groups (broad SMARTS) is 1. The third kappa shape index (κ3) is 4.40. The summed E-state index contributed by atoms with van der Waals surface area (Å²) in [5, 5.41) is 18.2. The van der Waals surface area contributed by atoms with Crippen molar-refractivity contribution in [2.45, 2.75) is 57.3 Å². The van der Waals surface area contributed by atoms with Crippen LogP contribution in [-0.2, 0) is 4.79 Å². The van der Waals surface area contributed by atoms with E-state index in [0.29, 0.717) is 17.8 Å². The minimum absolute atomic E-state index is 0.114. The van der Waals surface area contributed by atoms with Crippen molar-refractivity contribution in [3.63, 3.8) is 0 Å². The fraction of sp³-hybridized carbons (Fsp3) is 0.565. The molecule has 2 saturated carbocycles. The second kappa shape index (κ2) is 8.69. The number of hydrogen-bond acceptors (Lipinski definition) is 2. The number of carbonyl (C=O) groups is 1. The van der Waals surface area contributed by atoms with Crippen molar-refractivity contribution >= 4 is 5.97 Å². The van der Waals surface area contributed by atoms with Crippen LogP contribution in [0.25, 0.3) is 0 Å². The number of nitrogens with zero attached hydrogens (tertiary/aromatic N) is 1. The number of halogens is 1. The van der Waals surface area contributed by atoms with E-state index in [2.05, 4.69) is 6.58 Å². The minimum atomic E-state index is -0.747. The summed E-state index contributed by atoms with van der Waals surface area (Å²) in [6.45, 7) is 3.70. The molecule has 144 valence electrons.